The molecule has 0 amide bonds. The molecule has 0 spiro atoms. The van der Waals surface area contributed by atoms with Crippen LogP contribution in [0.15, 0.2) is 22.1 Å². The highest BCUT2D eigenvalue weighted by molar-refractivity contribution is 9.10. The van der Waals surface area contributed by atoms with Gasteiger partial charge in [-0.25, -0.2) is 4.98 Å². The van der Waals surface area contributed by atoms with E-state index in [4.69, 9.17) is 11.6 Å². The van der Waals surface area contributed by atoms with Crippen molar-refractivity contribution in [3.63, 3.8) is 0 Å². The molecule has 90 valence electrons. The predicted molar refractivity (Wildman–Crippen MR) is 75.9 cm³/mol. The number of aromatic nitrogens is 2. The number of rotatable bonds is 4. The molecule has 0 aromatic carbocycles. The van der Waals surface area contributed by atoms with E-state index in [0.717, 1.165) is 4.47 Å². The molecule has 7 heteroatoms. The van der Waals surface area contributed by atoms with Crippen LogP contribution >= 0.6 is 38.9 Å². The Morgan fingerprint density at radius 2 is 2.35 bits per heavy atom. The summed E-state index contributed by atoms with van der Waals surface area (Å²) < 4.78 is 1.09. The average Bonchev–Trinajstić information content (AvgIpc) is 2.74. The molecule has 0 aliphatic heterocycles. The van der Waals surface area contributed by atoms with Gasteiger partial charge in [0, 0.05) is 16.4 Å². The Labute approximate surface area is 117 Å². The quantitative estimate of drug-likeness (QED) is 0.897. The lowest BCUT2D eigenvalue weighted by molar-refractivity contribution is 1.09. The molecule has 0 unspecified atom stereocenters. The molecule has 0 saturated carbocycles. The van der Waals surface area contributed by atoms with Crippen molar-refractivity contribution in [2.75, 3.05) is 17.7 Å². The molecule has 0 radical (unpaired) electrons. The van der Waals surface area contributed by atoms with E-state index in [1.807, 2.05) is 11.4 Å². The van der Waals surface area contributed by atoms with E-state index in [0.29, 0.717) is 23.3 Å². The summed E-state index contributed by atoms with van der Waals surface area (Å²) in [6.07, 6.45) is 1.58. The number of nitrogens with zero attached hydrogens (tertiary/aromatic N) is 2. The van der Waals surface area contributed by atoms with Gasteiger partial charge >= 0.3 is 0 Å². The summed E-state index contributed by atoms with van der Waals surface area (Å²) in [5.41, 5.74) is 0. The molecule has 0 aliphatic carbocycles. The molecular weight excluding hydrogens is 324 g/mol. The van der Waals surface area contributed by atoms with Crippen LogP contribution in [0.25, 0.3) is 0 Å². The van der Waals surface area contributed by atoms with Crippen LogP contribution in [0.5, 0.6) is 0 Å². The molecule has 0 bridgehead atoms. The van der Waals surface area contributed by atoms with Crippen molar-refractivity contribution >= 4 is 50.6 Å². The lowest BCUT2D eigenvalue weighted by Crippen LogP contribution is -2.04. The zero-order valence-corrected chi connectivity index (χ0v) is 12.2. The van der Waals surface area contributed by atoms with E-state index in [9.17, 15) is 0 Å². The van der Waals surface area contributed by atoms with Crippen molar-refractivity contribution in [3.05, 3.63) is 32.0 Å². The number of halogens is 2. The summed E-state index contributed by atoms with van der Waals surface area (Å²) in [4.78, 5) is 9.46. The van der Waals surface area contributed by atoms with Gasteiger partial charge in [-0.2, -0.15) is 4.98 Å². The number of hydrogen-bond donors (Lipinski definition) is 2. The molecule has 17 heavy (non-hydrogen) atoms. The highest BCUT2D eigenvalue weighted by Gasteiger charge is 2.06. The largest absolute Gasteiger partial charge is 0.364 e. The first-order chi connectivity index (χ1) is 8.20. The fraction of sp³-hybridized carbons (Fsp3) is 0.200. The first-order valence-electron chi connectivity index (χ1n) is 4.86. The van der Waals surface area contributed by atoms with Gasteiger partial charge in [0.15, 0.2) is 5.82 Å². The van der Waals surface area contributed by atoms with Gasteiger partial charge < -0.3 is 10.6 Å². The van der Waals surface area contributed by atoms with Crippen LogP contribution in [0.1, 0.15) is 4.88 Å². The number of nitrogens with one attached hydrogen (secondary N) is 2. The topological polar surface area (TPSA) is 49.8 Å². The standard InChI is InChI=1S/C10H10BrClN4S/c1-13-10-15-4-7(12)9(16-10)14-5-8-6(11)2-3-17-8/h2-4H,5H2,1H3,(H2,13,14,15,16). The smallest absolute Gasteiger partial charge is 0.224 e. The second-order valence-corrected chi connectivity index (χ2v) is 5.45. The Kier molecular flexibility index (Phi) is 4.20. The van der Waals surface area contributed by atoms with Gasteiger partial charge in [0.1, 0.15) is 5.02 Å². The van der Waals surface area contributed by atoms with E-state index in [1.165, 1.54) is 4.88 Å². The number of thiophene rings is 1. The molecule has 2 rings (SSSR count). The molecule has 0 atom stereocenters. The molecule has 2 aromatic rings. The lowest BCUT2D eigenvalue weighted by atomic mass is 10.4. The molecule has 2 aromatic heterocycles. The second-order valence-electron chi connectivity index (χ2n) is 3.19. The Bertz CT molecular complexity index is 517. The Morgan fingerprint density at radius 3 is 3.00 bits per heavy atom. The Morgan fingerprint density at radius 1 is 1.53 bits per heavy atom. The van der Waals surface area contributed by atoms with Gasteiger partial charge in [0.25, 0.3) is 0 Å². The summed E-state index contributed by atoms with van der Waals surface area (Å²) >= 11 is 11.2. The maximum Gasteiger partial charge on any atom is 0.224 e. The zero-order chi connectivity index (χ0) is 12.3. The third-order valence-electron chi connectivity index (χ3n) is 2.08. The van der Waals surface area contributed by atoms with E-state index in [-0.39, 0.29) is 0 Å². The van der Waals surface area contributed by atoms with Crippen LogP contribution in [0.4, 0.5) is 11.8 Å². The molecule has 4 nitrogen and oxygen atoms in total. The van der Waals surface area contributed by atoms with Crippen LogP contribution < -0.4 is 10.6 Å². The average molecular weight is 334 g/mol. The molecule has 2 N–H and O–H groups in total. The summed E-state index contributed by atoms with van der Waals surface area (Å²) in [7, 11) is 1.77. The maximum atomic E-state index is 6.01. The SMILES string of the molecule is CNc1ncc(Cl)c(NCc2sccc2Br)n1. The fourth-order valence-corrected chi connectivity index (χ4v) is 2.82. The normalized spacial score (nSPS) is 10.3. The predicted octanol–water partition coefficient (Wildman–Crippen LogP) is 3.61. The fourth-order valence-electron chi connectivity index (χ4n) is 1.23. The van der Waals surface area contributed by atoms with Gasteiger partial charge in [-0.15, -0.1) is 11.3 Å². The monoisotopic (exact) mass is 332 g/mol. The molecule has 2 heterocycles. The van der Waals surface area contributed by atoms with Crippen molar-refractivity contribution in [2.24, 2.45) is 0 Å². The van der Waals surface area contributed by atoms with Crippen LogP contribution in [-0.4, -0.2) is 17.0 Å². The van der Waals surface area contributed by atoms with Crippen LogP contribution in [0, 0.1) is 0 Å². The molecule has 0 aliphatic rings. The Hall–Kier alpha value is -0.850. The van der Waals surface area contributed by atoms with Gasteiger partial charge in [0.2, 0.25) is 5.95 Å². The summed E-state index contributed by atoms with van der Waals surface area (Å²) in [5, 5.41) is 8.60. The highest BCUT2D eigenvalue weighted by Crippen LogP contribution is 2.25. The van der Waals surface area contributed by atoms with Crippen molar-refractivity contribution in [3.8, 4) is 0 Å². The first kappa shape index (κ1) is 12.6. The van der Waals surface area contributed by atoms with Crippen LogP contribution in [0.3, 0.4) is 0 Å². The van der Waals surface area contributed by atoms with Gasteiger partial charge in [-0.3, -0.25) is 0 Å². The maximum absolute atomic E-state index is 6.01. The van der Waals surface area contributed by atoms with Gasteiger partial charge in [0.05, 0.1) is 12.7 Å². The van der Waals surface area contributed by atoms with E-state index in [2.05, 4.69) is 36.5 Å². The first-order valence-corrected chi connectivity index (χ1v) is 6.92. The van der Waals surface area contributed by atoms with Crippen LogP contribution in [0.2, 0.25) is 5.02 Å². The van der Waals surface area contributed by atoms with E-state index in [1.54, 1.807) is 24.6 Å². The lowest BCUT2D eigenvalue weighted by Gasteiger charge is -2.07. The van der Waals surface area contributed by atoms with Crippen molar-refractivity contribution in [2.45, 2.75) is 6.54 Å². The zero-order valence-electron chi connectivity index (χ0n) is 9.00. The molecule has 0 saturated heterocycles. The summed E-state index contributed by atoms with van der Waals surface area (Å²) in [5.74, 6) is 1.17. The second kappa shape index (κ2) is 5.66. The third-order valence-corrected chi connectivity index (χ3v) is 4.28. The van der Waals surface area contributed by atoms with Crippen molar-refractivity contribution in [1.29, 1.82) is 0 Å². The number of anilines is 2. The van der Waals surface area contributed by atoms with E-state index < -0.39 is 0 Å². The number of hydrogen-bond acceptors (Lipinski definition) is 5. The van der Waals surface area contributed by atoms with Crippen molar-refractivity contribution < 1.29 is 0 Å². The third kappa shape index (κ3) is 3.08. The van der Waals surface area contributed by atoms with Crippen LogP contribution in [-0.2, 0) is 6.54 Å². The minimum atomic E-state index is 0.511. The highest BCUT2D eigenvalue weighted by atomic mass is 79.9. The molecule has 0 fully saturated rings. The summed E-state index contributed by atoms with van der Waals surface area (Å²) in [6.45, 7) is 0.679. The van der Waals surface area contributed by atoms with Gasteiger partial charge in [-0.05, 0) is 27.4 Å². The van der Waals surface area contributed by atoms with E-state index >= 15 is 0 Å². The van der Waals surface area contributed by atoms with Gasteiger partial charge in [-0.1, -0.05) is 11.6 Å². The van der Waals surface area contributed by atoms with Crippen molar-refractivity contribution in [1.82, 2.24) is 9.97 Å². The minimum Gasteiger partial charge on any atom is -0.364 e. The summed E-state index contributed by atoms with van der Waals surface area (Å²) in [6, 6.07) is 2.02. The molecular formula is C10H10BrClN4S. The Balaban J connectivity index is 2.11. The minimum absolute atomic E-state index is 0.511.